The first-order valence-corrected chi connectivity index (χ1v) is 6.30. The number of fused-ring (bicyclic) bond motifs is 1. The van der Waals surface area contributed by atoms with Crippen molar-refractivity contribution in [3.8, 4) is 5.69 Å². The smallest absolute Gasteiger partial charge is 0.306 e. The Morgan fingerprint density at radius 2 is 1.55 bits per heavy atom. The number of nitrogens with one attached hydrogen (secondary N) is 1. The quantitative estimate of drug-likeness (QED) is 0.751. The predicted molar refractivity (Wildman–Crippen MR) is 75.2 cm³/mol. The zero-order valence-electron chi connectivity index (χ0n) is 11.0. The molecule has 0 aliphatic rings. The largest absolute Gasteiger partial charge is 0.418 e. The highest BCUT2D eigenvalue weighted by Crippen LogP contribution is 2.32. The average molecular weight is 306 g/mol. The van der Waals surface area contributed by atoms with E-state index in [1.54, 1.807) is 12.1 Å². The van der Waals surface area contributed by atoms with Crippen molar-refractivity contribution in [3.63, 3.8) is 0 Å². The summed E-state index contributed by atoms with van der Waals surface area (Å²) in [5.41, 5.74) is -2.97. The van der Waals surface area contributed by atoms with E-state index in [1.807, 2.05) is 0 Å². The van der Waals surface area contributed by atoms with E-state index in [-0.39, 0.29) is 10.9 Å². The molecule has 0 fully saturated rings. The van der Waals surface area contributed by atoms with Crippen LogP contribution in [0.15, 0.2) is 58.1 Å². The van der Waals surface area contributed by atoms with Crippen LogP contribution in [-0.2, 0) is 6.18 Å². The third-order valence-electron chi connectivity index (χ3n) is 3.26. The Morgan fingerprint density at radius 3 is 2.27 bits per heavy atom. The first-order valence-electron chi connectivity index (χ1n) is 6.30. The molecule has 4 nitrogen and oxygen atoms in total. The Balaban J connectivity index is 2.43. The summed E-state index contributed by atoms with van der Waals surface area (Å²) >= 11 is 0. The lowest BCUT2D eigenvalue weighted by molar-refractivity contribution is -0.137. The predicted octanol–water partition coefficient (Wildman–Crippen LogP) is 2.70. The van der Waals surface area contributed by atoms with Crippen LogP contribution in [-0.4, -0.2) is 9.55 Å². The van der Waals surface area contributed by atoms with Crippen LogP contribution in [0.4, 0.5) is 13.2 Å². The number of alkyl halides is 3. The van der Waals surface area contributed by atoms with Gasteiger partial charge in [-0.05, 0) is 24.3 Å². The Morgan fingerprint density at radius 1 is 0.909 bits per heavy atom. The number of halogens is 3. The van der Waals surface area contributed by atoms with Gasteiger partial charge in [0.05, 0.1) is 22.2 Å². The highest BCUT2D eigenvalue weighted by atomic mass is 19.4. The molecule has 7 heteroatoms. The Bertz CT molecular complexity index is 971. The summed E-state index contributed by atoms with van der Waals surface area (Å²) in [4.78, 5) is 26.9. The van der Waals surface area contributed by atoms with Crippen molar-refractivity contribution >= 4 is 10.9 Å². The van der Waals surface area contributed by atoms with Crippen LogP contribution < -0.4 is 11.2 Å². The van der Waals surface area contributed by atoms with Crippen LogP contribution in [0, 0.1) is 0 Å². The van der Waals surface area contributed by atoms with Crippen molar-refractivity contribution in [2.24, 2.45) is 0 Å². The van der Waals surface area contributed by atoms with Gasteiger partial charge < -0.3 is 4.98 Å². The van der Waals surface area contributed by atoms with Gasteiger partial charge >= 0.3 is 11.9 Å². The second-order valence-corrected chi connectivity index (χ2v) is 4.63. The van der Waals surface area contributed by atoms with E-state index in [2.05, 4.69) is 4.98 Å². The van der Waals surface area contributed by atoms with Gasteiger partial charge in [-0.3, -0.25) is 4.79 Å². The fraction of sp³-hybridized carbons (Fsp3) is 0.0667. The second kappa shape index (κ2) is 4.87. The van der Waals surface area contributed by atoms with E-state index in [9.17, 15) is 22.8 Å². The second-order valence-electron chi connectivity index (χ2n) is 4.63. The fourth-order valence-electron chi connectivity index (χ4n) is 2.29. The van der Waals surface area contributed by atoms with Gasteiger partial charge in [-0.2, -0.15) is 13.2 Å². The van der Waals surface area contributed by atoms with Crippen molar-refractivity contribution in [2.75, 3.05) is 0 Å². The SMILES string of the molecule is O=c1[nH]c2ccccc2c(=O)n1-c1ccccc1C(F)(F)F. The molecular weight excluding hydrogens is 297 g/mol. The number of H-pyrrole nitrogens is 1. The van der Waals surface area contributed by atoms with E-state index < -0.39 is 28.7 Å². The number of benzene rings is 2. The summed E-state index contributed by atoms with van der Waals surface area (Å²) in [5, 5.41) is 0.138. The number of aromatic nitrogens is 2. The molecule has 1 heterocycles. The molecule has 0 saturated carbocycles. The number of para-hydroxylation sites is 2. The minimum Gasteiger partial charge on any atom is -0.306 e. The van der Waals surface area contributed by atoms with Crippen LogP contribution in [0.3, 0.4) is 0 Å². The zero-order valence-corrected chi connectivity index (χ0v) is 11.0. The monoisotopic (exact) mass is 306 g/mol. The molecule has 0 spiro atoms. The zero-order chi connectivity index (χ0) is 15.9. The summed E-state index contributed by atoms with van der Waals surface area (Å²) in [6.45, 7) is 0. The van der Waals surface area contributed by atoms with Crippen molar-refractivity contribution in [3.05, 3.63) is 74.9 Å². The maximum absolute atomic E-state index is 13.1. The summed E-state index contributed by atoms with van der Waals surface area (Å²) in [7, 11) is 0. The lowest BCUT2D eigenvalue weighted by Crippen LogP contribution is -2.35. The molecule has 0 aliphatic heterocycles. The van der Waals surface area contributed by atoms with E-state index in [0.29, 0.717) is 4.57 Å². The van der Waals surface area contributed by atoms with E-state index in [4.69, 9.17) is 0 Å². The van der Waals surface area contributed by atoms with Gasteiger partial charge in [-0.15, -0.1) is 0 Å². The van der Waals surface area contributed by atoms with Crippen LogP contribution in [0.2, 0.25) is 0 Å². The van der Waals surface area contributed by atoms with E-state index in [1.165, 1.54) is 24.3 Å². The lowest BCUT2D eigenvalue weighted by atomic mass is 10.1. The Hall–Kier alpha value is -2.83. The first kappa shape index (κ1) is 14.1. The van der Waals surface area contributed by atoms with Gasteiger partial charge in [0.25, 0.3) is 5.56 Å². The van der Waals surface area contributed by atoms with Gasteiger partial charge in [0, 0.05) is 0 Å². The normalized spacial score (nSPS) is 11.8. The molecule has 22 heavy (non-hydrogen) atoms. The first-order chi connectivity index (χ1) is 10.4. The minimum atomic E-state index is -4.67. The average Bonchev–Trinajstić information content (AvgIpc) is 2.47. The number of hydrogen-bond acceptors (Lipinski definition) is 2. The maximum atomic E-state index is 13.1. The molecule has 0 atom stereocenters. The lowest BCUT2D eigenvalue weighted by Gasteiger charge is -2.13. The van der Waals surface area contributed by atoms with Crippen LogP contribution >= 0.6 is 0 Å². The van der Waals surface area contributed by atoms with Gasteiger partial charge in [-0.1, -0.05) is 24.3 Å². The van der Waals surface area contributed by atoms with E-state index in [0.717, 1.165) is 12.1 Å². The topological polar surface area (TPSA) is 54.9 Å². The molecule has 3 rings (SSSR count). The van der Waals surface area contributed by atoms with Crippen molar-refractivity contribution in [1.82, 2.24) is 9.55 Å². The molecule has 112 valence electrons. The number of hydrogen-bond donors (Lipinski definition) is 1. The van der Waals surface area contributed by atoms with E-state index >= 15 is 0 Å². The van der Waals surface area contributed by atoms with Crippen LogP contribution in [0.25, 0.3) is 16.6 Å². The van der Waals surface area contributed by atoms with Crippen molar-refractivity contribution in [1.29, 1.82) is 0 Å². The Kier molecular flexibility index (Phi) is 3.13. The van der Waals surface area contributed by atoms with Gasteiger partial charge in [0.2, 0.25) is 0 Å². The summed E-state index contributed by atoms with van der Waals surface area (Å²) < 4.78 is 39.8. The molecule has 1 N–H and O–H groups in total. The summed E-state index contributed by atoms with van der Waals surface area (Å²) in [5.74, 6) is 0. The van der Waals surface area contributed by atoms with Crippen molar-refractivity contribution in [2.45, 2.75) is 6.18 Å². The molecule has 2 aromatic carbocycles. The molecule has 0 saturated heterocycles. The summed E-state index contributed by atoms with van der Waals surface area (Å²) in [6, 6.07) is 10.6. The fourth-order valence-corrected chi connectivity index (χ4v) is 2.29. The van der Waals surface area contributed by atoms with Crippen LogP contribution in [0.5, 0.6) is 0 Å². The third-order valence-corrected chi connectivity index (χ3v) is 3.26. The molecule has 0 aliphatic carbocycles. The minimum absolute atomic E-state index is 0.138. The highest BCUT2D eigenvalue weighted by Gasteiger charge is 2.34. The number of aromatic amines is 1. The van der Waals surface area contributed by atoms with Gasteiger partial charge in [0.15, 0.2) is 0 Å². The maximum Gasteiger partial charge on any atom is 0.418 e. The Labute approximate surface area is 121 Å². The number of nitrogens with zero attached hydrogens (tertiary/aromatic N) is 1. The molecule has 3 aromatic rings. The molecule has 1 aromatic heterocycles. The molecule has 0 bridgehead atoms. The summed E-state index contributed by atoms with van der Waals surface area (Å²) in [6.07, 6.45) is -4.67. The van der Waals surface area contributed by atoms with Crippen molar-refractivity contribution < 1.29 is 13.2 Å². The van der Waals surface area contributed by atoms with Gasteiger partial charge in [-0.25, -0.2) is 9.36 Å². The molecular formula is C15H9F3N2O2. The standard InChI is InChI=1S/C15H9F3N2O2/c16-15(17,18)10-6-2-4-8-12(10)20-13(21)9-5-1-3-7-11(9)19-14(20)22/h1-8H,(H,19,22). The van der Waals surface area contributed by atoms with Gasteiger partial charge in [0.1, 0.15) is 0 Å². The third kappa shape index (κ3) is 2.20. The highest BCUT2D eigenvalue weighted by molar-refractivity contribution is 5.77. The molecule has 0 amide bonds. The molecule has 0 unspecified atom stereocenters. The molecule has 0 radical (unpaired) electrons. The number of rotatable bonds is 1. The van der Waals surface area contributed by atoms with Crippen LogP contribution in [0.1, 0.15) is 5.56 Å².